The fourth-order valence-corrected chi connectivity index (χ4v) is 5.33. The Hall–Kier alpha value is -4.58. The average Bonchev–Trinajstić information content (AvgIpc) is 3.35. The maximum Gasteiger partial charge on any atom is 0.342 e. The molecule has 3 aliphatic rings. The Morgan fingerprint density at radius 1 is 0.951 bits per heavy atom. The lowest BCUT2D eigenvalue weighted by Crippen LogP contribution is -2.40. The minimum Gasteiger partial charge on any atom is -0.497 e. The van der Waals surface area contributed by atoms with Gasteiger partial charge in [-0.2, -0.15) is 0 Å². The molecule has 216 valence electrons. The van der Waals surface area contributed by atoms with E-state index in [1.807, 2.05) is 0 Å². The molecule has 0 fully saturated rings. The third kappa shape index (κ3) is 4.63. The fraction of sp³-hybridized carbons (Fsp3) is 0.379. The van der Waals surface area contributed by atoms with Crippen LogP contribution in [0.5, 0.6) is 23.0 Å². The molecule has 0 saturated carbocycles. The molecule has 0 bridgehead atoms. The number of benzene rings is 2. The molecule has 2 aromatic carbocycles. The van der Waals surface area contributed by atoms with E-state index in [4.69, 9.17) is 37.9 Å². The highest BCUT2D eigenvalue weighted by Crippen LogP contribution is 2.53. The van der Waals surface area contributed by atoms with Crippen LogP contribution < -0.4 is 18.9 Å². The van der Waals surface area contributed by atoms with Crippen molar-refractivity contribution < 1.29 is 57.1 Å². The van der Waals surface area contributed by atoms with E-state index < -0.39 is 29.3 Å². The normalized spacial score (nSPS) is 18.6. The number of ether oxygens (including phenoxy) is 8. The minimum atomic E-state index is -1.39. The number of carbonyl (C=O) groups is 4. The van der Waals surface area contributed by atoms with Crippen LogP contribution in [0.3, 0.4) is 0 Å². The second-order valence-corrected chi connectivity index (χ2v) is 9.53. The predicted molar refractivity (Wildman–Crippen MR) is 139 cm³/mol. The number of rotatable bonds is 8. The van der Waals surface area contributed by atoms with Crippen molar-refractivity contribution in [2.75, 3.05) is 42.3 Å². The molecule has 1 spiro atoms. The van der Waals surface area contributed by atoms with E-state index in [1.165, 1.54) is 41.6 Å². The molecule has 12 heteroatoms. The van der Waals surface area contributed by atoms with Gasteiger partial charge in [0.2, 0.25) is 11.6 Å². The molecule has 0 radical (unpaired) electrons. The summed E-state index contributed by atoms with van der Waals surface area (Å²) in [4.78, 5) is 51.4. The molecule has 1 aliphatic carbocycles. The Morgan fingerprint density at radius 3 is 2.39 bits per heavy atom. The summed E-state index contributed by atoms with van der Waals surface area (Å²) in [6, 6.07) is 4.70. The monoisotopic (exact) mass is 568 g/mol. The SMILES string of the molecule is COCOc1cc(OC)cc2c1C1=C(CC3(CCc4cc(CC(=O)OC)c(C(=O)OC)c(OC)c4O3)O1)C(=O)C2=O. The van der Waals surface area contributed by atoms with Crippen molar-refractivity contribution in [3.63, 3.8) is 0 Å². The molecule has 0 saturated heterocycles. The number of fused-ring (bicyclic) bond motifs is 3. The molecule has 1 unspecified atom stereocenters. The highest BCUT2D eigenvalue weighted by molar-refractivity contribution is 6.52. The number of esters is 2. The van der Waals surface area contributed by atoms with Gasteiger partial charge in [-0.1, -0.05) is 6.07 Å². The van der Waals surface area contributed by atoms with E-state index in [-0.39, 0.29) is 65.8 Å². The molecule has 0 amide bonds. The summed E-state index contributed by atoms with van der Waals surface area (Å²) >= 11 is 0. The van der Waals surface area contributed by atoms with Gasteiger partial charge in [-0.25, -0.2) is 4.79 Å². The van der Waals surface area contributed by atoms with Crippen LogP contribution in [0.15, 0.2) is 23.8 Å². The maximum absolute atomic E-state index is 13.3. The summed E-state index contributed by atoms with van der Waals surface area (Å²) in [5.74, 6) is -3.15. The average molecular weight is 569 g/mol. The molecule has 12 nitrogen and oxygen atoms in total. The number of aryl methyl sites for hydroxylation is 1. The van der Waals surface area contributed by atoms with Crippen LogP contribution in [0, 0.1) is 0 Å². The fourth-order valence-electron chi connectivity index (χ4n) is 5.33. The van der Waals surface area contributed by atoms with Gasteiger partial charge in [0, 0.05) is 25.2 Å². The van der Waals surface area contributed by atoms with Crippen LogP contribution in [0.4, 0.5) is 0 Å². The van der Waals surface area contributed by atoms with Gasteiger partial charge >= 0.3 is 11.9 Å². The quantitative estimate of drug-likeness (QED) is 0.263. The summed E-state index contributed by atoms with van der Waals surface area (Å²) in [5.41, 5.74) is 1.53. The molecule has 41 heavy (non-hydrogen) atoms. The zero-order chi connectivity index (χ0) is 29.5. The molecule has 2 aromatic rings. The molecule has 0 N–H and O–H groups in total. The smallest absolute Gasteiger partial charge is 0.342 e. The maximum atomic E-state index is 13.3. The number of Topliss-reactive ketones (excluding diaryl/α,β-unsaturated/α-hetero) is 2. The molecular weight excluding hydrogens is 540 g/mol. The van der Waals surface area contributed by atoms with E-state index in [0.29, 0.717) is 28.9 Å². The van der Waals surface area contributed by atoms with Crippen molar-refractivity contribution in [3.8, 4) is 23.0 Å². The van der Waals surface area contributed by atoms with Crippen molar-refractivity contribution in [1.29, 1.82) is 0 Å². The first kappa shape index (κ1) is 28.0. The second kappa shape index (κ2) is 10.8. The van der Waals surface area contributed by atoms with Gasteiger partial charge in [0.15, 0.2) is 18.3 Å². The lowest BCUT2D eigenvalue weighted by atomic mass is 9.85. The van der Waals surface area contributed by atoms with Crippen molar-refractivity contribution in [3.05, 3.63) is 51.6 Å². The number of hydrogen-bond donors (Lipinski definition) is 0. The van der Waals surface area contributed by atoms with E-state index >= 15 is 0 Å². The first-order chi connectivity index (χ1) is 19.7. The highest BCUT2D eigenvalue weighted by atomic mass is 16.7. The van der Waals surface area contributed by atoms with Crippen LogP contribution in [0.2, 0.25) is 0 Å². The first-order valence-corrected chi connectivity index (χ1v) is 12.6. The van der Waals surface area contributed by atoms with Gasteiger partial charge < -0.3 is 37.9 Å². The first-order valence-electron chi connectivity index (χ1n) is 12.6. The third-order valence-electron chi connectivity index (χ3n) is 7.22. The summed E-state index contributed by atoms with van der Waals surface area (Å²) < 4.78 is 44.3. The Bertz CT molecular complexity index is 1500. The van der Waals surface area contributed by atoms with Gasteiger partial charge in [-0.3, -0.25) is 14.4 Å². The highest BCUT2D eigenvalue weighted by Gasteiger charge is 2.52. The van der Waals surface area contributed by atoms with Crippen LogP contribution in [0.25, 0.3) is 5.76 Å². The van der Waals surface area contributed by atoms with Crippen molar-refractivity contribution in [2.24, 2.45) is 0 Å². The van der Waals surface area contributed by atoms with Crippen LogP contribution in [-0.2, 0) is 41.4 Å². The Balaban J connectivity index is 1.58. The molecule has 5 rings (SSSR count). The van der Waals surface area contributed by atoms with E-state index in [0.717, 1.165) is 0 Å². The number of ketones is 2. The van der Waals surface area contributed by atoms with Crippen molar-refractivity contribution in [1.82, 2.24) is 0 Å². The molecule has 2 aliphatic heterocycles. The predicted octanol–water partition coefficient (Wildman–Crippen LogP) is 2.81. The van der Waals surface area contributed by atoms with E-state index in [1.54, 1.807) is 12.1 Å². The van der Waals surface area contributed by atoms with Gasteiger partial charge in [0.05, 0.1) is 52.4 Å². The zero-order valence-corrected chi connectivity index (χ0v) is 23.2. The Kier molecular flexibility index (Phi) is 7.35. The topological polar surface area (TPSA) is 142 Å². The second-order valence-electron chi connectivity index (χ2n) is 9.53. The zero-order valence-electron chi connectivity index (χ0n) is 23.2. The lowest BCUT2D eigenvalue weighted by molar-refractivity contribution is -0.140. The molecular formula is C29H28O12. The van der Waals surface area contributed by atoms with Crippen molar-refractivity contribution in [2.45, 2.75) is 31.5 Å². The van der Waals surface area contributed by atoms with Gasteiger partial charge in [-0.15, -0.1) is 0 Å². The summed E-state index contributed by atoms with van der Waals surface area (Å²) in [6.07, 6.45) is 0.435. The van der Waals surface area contributed by atoms with E-state index in [9.17, 15) is 19.2 Å². The van der Waals surface area contributed by atoms with Gasteiger partial charge in [-0.05, 0) is 23.6 Å². The lowest BCUT2D eigenvalue weighted by Gasteiger charge is -2.36. The number of methoxy groups -OCH3 is 5. The van der Waals surface area contributed by atoms with Gasteiger partial charge in [0.1, 0.15) is 22.8 Å². The van der Waals surface area contributed by atoms with Crippen molar-refractivity contribution >= 4 is 29.3 Å². The summed E-state index contributed by atoms with van der Waals surface area (Å²) in [6.45, 7) is -0.124. The number of hydrogen-bond acceptors (Lipinski definition) is 12. The summed E-state index contributed by atoms with van der Waals surface area (Å²) in [7, 11) is 6.71. The van der Waals surface area contributed by atoms with E-state index in [2.05, 4.69) is 0 Å². The van der Waals surface area contributed by atoms with Crippen LogP contribution >= 0.6 is 0 Å². The molecule has 0 aromatic heterocycles. The van der Waals surface area contributed by atoms with Crippen LogP contribution in [0.1, 0.15) is 50.2 Å². The Morgan fingerprint density at radius 2 is 1.73 bits per heavy atom. The molecule has 1 atom stereocenters. The molecule has 2 heterocycles. The standard InChI is InChI=1S/C29H28O12/c1-34-13-39-19-11-16(35-2)10-17-22(19)26-18(24(32)23(17)31)12-29(41-26)7-6-14-8-15(9-20(30)36-3)21(28(33)38-5)27(37-4)25(14)40-29/h8,10-11H,6-7,9,12-13H2,1-5H3. The van der Waals surface area contributed by atoms with Gasteiger partial charge in [0.25, 0.3) is 5.79 Å². The summed E-state index contributed by atoms with van der Waals surface area (Å²) in [5, 5.41) is 0. The largest absolute Gasteiger partial charge is 0.497 e. The number of carbonyl (C=O) groups excluding carboxylic acids is 4. The third-order valence-corrected chi connectivity index (χ3v) is 7.22. The van der Waals surface area contributed by atoms with Crippen LogP contribution in [-0.4, -0.2) is 71.6 Å². The Labute approximate surface area is 235 Å². The minimum absolute atomic E-state index is 0.00543.